The van der Waals surface area contributed by atoms with Gasteiger partial charge in [0.2, 0.25) is 10.0 Å². The fourth-order valence-electron chi connectivity index (χ4n) is 2.83. The molecule has 2 aromatic carbocycles. The zero-order chi connectivity index (χ0) is 18.7. The summed E-state index contributed by atoms with van der Waals surface area (Å²) in [6, 6.07) is 12.3. The molecule has 0 atom stereocenters. The molecule has 1 aromatic heterocycles. The molecule has 0 radical (unpaired) electrons. The molecular weight excluding hydrogens is 350 g/mol. The minimum Gasteiger partial charge on any atom is -0.267 e. The number of hydrogen-bond donors (Lipinski definition) is 2. The number of H-pyrrole nitrogens is 1. The third kappa shape index (κ3) is 3.54. The van der Waals surface area contributed by atoms with Gasteiger partial charge in [-0.3, -0.25) is 4.79 Å². The minimum absolute atomic E-state index is 0.225. The van der Waals surface area contributed by atoms with Crippen LogP contribution in [0.5, 0.6) is 0 Å². The van der Waals surface area contributed by atoms with Gasteiger partial charge >= 0.3 is 0 Å². The van der Waals surface area contributed by atoms with E-state index in [-0.39, 0.29) is 10.5 Å². The largest absolute Gasteiger partial charge is 0.272 e. The summed E-state index contributed by atoms with van der Waals surface area (Å²) < 4.78 is 27.9. The molecule has 2 N–H and O–H groups in total. The molecule has 0 aliphatic rings. The van der Waals surface area contributed by atoms with Gasteiger partial charge < -0.3 is 0 Å². The molecule has 0 aliphatic carbocycles. The fourth-order valence-corrected chi connectivity index (χ4v) is 4.18. The van der Waals surface area contributed by atoms with Crippen molar-refractivity contribution >= 4 is 20.8 Å². The van der Waals surface area contributed by atoms with E-state index in [1.165, 1.54) is 0 Å². The minimum atomic E-state index is -3.60. The van der Waals surface area contributed by atoms with E-state index in [2.05, 4.69) is 14.9 Å². The van der Waals surface area contributed by atoms with Crippen molar-refractivity contribution in [2.24, 2.45) is 0 Å². The highest BCUT2D eigenvalue weighted by molar-refractivity contribution is 7.89. The molecule has 0 spiro atoms. The summed E-state index contributed by atoms with van der Waals surface area (Å²) in [7, 11) is -3.60. The smallest absolute Gasteiger partial charge is 0.267 e. The lowest BCUT2D eigenvalue weighted by atomic mass is 10.0. The quantitative estimate of drug-likeness (QED) is 0.652. The number of nitrogens with one attached hydrogen (secondary N) is 2. The lowest BCUT2D eigenvalue weighted by molar-refractivity contribution is 0.578. The van der Waals surface area contributed by atoms with Gasteiger partial charge in [-0.05, 0) is 31.0 Å². The average molecular weight is 371 g/mol. The second-order valence-corrected chi connectivity index (χ2v) is 7.91. The van der Waals surface area contributed by atoms with Crippen LogP contribution in [-0.2, 0) is 10.0 Å². The van der Waals surface area contributed by atoms with Crippen LogP contribution in [0.15, 0.2) is 52.2 Å². The Kier molecular flexibility index (Phi) is 5.20. The Morgan fingerprint density at radius 2 is 1.85 bits per heavy atom. The monoisotopic (exact) mass is 371 g/mol. The van der Waals surface area contributed by atoms with Crippen molar-refractivity contribution in [3.05, 3.63) is 58.4 Å². The number of fused-ring (bicyclic) bond motifs is 1. The molecule has 3 rings (SSSR count). The standard InChI is InChI=1S/C19H21N3O3S/c1-3-4-11-20-26(24,25)17-12-14(10-9-13(17)2)18-15-7-5-6-8-16(15)19(23)22-21-18/h5-10,12,20H,3-4,11H2,1-2H3,(H,22,23). The van der Waals surface area contributed by atoms with Gasteiger partial charge in [0.25, 0.3) is 5.56 Å². The molecule has 6 nitrogen and oxygen atoms in total. The van der Waals surface area contributed by atoms with Crippen molar-refractivity contribution in [3.63, 3.8) is 0 Å². The predicted molar refractivity (Wildman–Crippen MR) is 103 cm³/mol. The molecule has 7 heteroatoms. The molecule has 0 bridgehead atoms. The van der Waals surface area contributed by atoms with Crippen molar-refractivity contribution in [1.82, 2.24) is 14.9 Å². The molecule has 0 saturated heterocycles. The summed E-state index contributed by atoms with van der Waals surface area (Å²) in [5.41, 5.74) is 1.57. The van der Waals surface area contributed by atoms with Crippen LogP contribution in [0.3, 0.4) is 0 Å². The summed E-state index contributed by atoms with van der Waals surface area (Å²) >= 11 is 0. The summed E-state index contributed by atoms with van der Waals surface area (Å²) in [4.78, 5) is 12.2. The number of sulfonamides is 1. The number of aromatic amines is 1. The molecule has 26 heavy (non-hydrogen) atoms. The highest BCUT2D eigenvalue weighted by atomic mass is 32.2. The lowest BCUT2D eigenvalue weighted by Crippen LogP contribution is -2.25. The maximum Gasteiger partial charge on any atom is 0.272 e. The summed E-state index contributed by atoms with van der Waals surface area (Å²) in [6.07, 6.45) is 1.69. The average Bonchev–Trinajstić information content (AvgIpc) is 2.63. The Morgan fingerprint density at radius 3 is 2.58 bits per heavy atom. The third-order valence-corrected chi connectivity index (χ3v) is 5.87. The van der Waals surface area contributed by atoms with Gasteiger partial charge in [0.15, 0.2) is 0 Å². The Bertz CT molecular complexity index is 1100. The van der Waals surface area contributed by atoms with Crippen LogP contribution in [0.1, 0.15) is 25.3 Å². The van der Waals surface area contributed by atoms with Gasteiger partial charge in [-0.2, -0.15) is 5.10 Å². The van der Waals surface area contributed by atoms with Crippen molar-refractivity contribution in [2.45, 2.75) is 31.6 Å². The predicted octanol–water partition coefficient (Wildman–Crippen LogP) is 2.98. The van der Waals surface area contributed by atoms with E-state index in [1.807, 2.05) is 19.1 Å². The summed E-state index contributed by atoms with van der Waals surface area (Å²) in [5, 5.41) is 7.84. The van der Waals surface area contributed by atoms with E-state index in [0.717, 1.165) is 12.8 Å². The van der Waals surface area contributed by atoms with Gasteiger partial charge in [-0.15, -0.1) is 0 Å². The first-order chi connectivity index (χ1) is 12.4. The van der Waals surface area contributed by atoms with Crippen molar-refractivity contribution in [1.29, 1.82) is 0 Å². The molecule has 0 amide bonds. The maximum absolute atomic E-state index is 12.6. The third-order valence-electron chi connectivity index (χ3n) is 4.27. The number of hydrogen-bond acceptors (Lipinski definition) is 4. The van der Waals surface area contributed by atoms with E-state index in [1.54, 1.807) is 37.3 Å². The van der Waals surface area contributed by atoms with Gasteiger partial charge in [-0.25, -0.2) is 18.2 Å². The molecular formula is C19H21N3O3S. The van der Waals surface area contributed by atoms with Gasteiger partial charge in [0.05, 0.1) is 16.0 Å². The van der Waals surface area contributed by atoms with Crippen LogP contribution in [0.25, 0.3) is 22.0 Å². The SMILES string of the molecule is CCCCNS(=O)(=O)c1cc(-c2n[nH]c(=O)c3ccccc23)ccc1C. The molecule has 0 saturated carbocycles. The second kappa shape index (κ2) is 7.39. The number of aryl methyl sites for hydroxylation is 1. The Labute approximate surface area is 152 Å². The molecule has 0 aliphatic heterocycles. The lowest BCUT2D eigenvalue weighted by Gasteiger charge is -2.12. The maximum atomic E-state index is 12.6. The zero-order valence-corrected chi connectivity index (χ0v) is 15.6. The molecule has 3 aromatic rings. The molecule has 1 heterocycles. The van der Waals surface area contributed by atoms with Crippen LogP contribution in [0.2, 0.25) is 0 Å². The second-order valence-electron chi connectivity index (χ2n) is 6.18. The van der Waals surface area contributed by atoms with E-state index in [4.69, 9.17) is 0 Å². The highest BCUT2D eigenvalue weighted by Gasteiger charge is 2.18. The fraction of sp³-hybridized carbons (Fsp3) is 0.263. The van der Waals surface area contributed by atoms with Crippen LogP contribution in [0, 0.1) is 6.92 Å². The van der Waals surface area contributed by atoms with Crippen LogP contribution in [0.4, 0.5) is 0 Å². The van der Waals surface area contributed by atoms with Crippen LogP contribution in [-0.4, -0.2) is 25.2 Å². The van der Waals surface area contributed by atoms with Gasteiger partial charge in [0.1, 0.15) is 0 Å². The zero-order valence-electron chi connectivity index (χ0n) is 14.7. The first-order valence-corrected chi connectivity index (χ1v) is 10.0. The van der Waals surface area contributed by atoms with E-state index < -0.39 is 10.0 Å². The normalized spacial score (nSPS) is 11.8. The number of aromatic nitrogens is 2. The first-order valence-electron chi connectivity index (χ1n) is 8.52. The number of rotatable bonds is 6. The van der Waals surface area contributed by atoms with Gasteiger partial charge in [0, 0.05) is 17.5 Å². The Morgan fingerprint density at radius 1 is 1.12 bits per heavy atom. The number of nitrogens with zero attached hydrogens (tertiary/aromatic N) is 1. The Balaban J connectivity index is 2.12. The summed E-state index contributed by atoms with van der Waals surface area (Å²) in [5.74, 6) is 0. The highest BCUT2D eigenvalue weighted by Crippen LogP contribution is 2.27. The topological polar surface area (TPSA) is 91.9 Å². The van der Waals surface area contributed by atoms with Crippen molar-refractivity contribution in [2.75, 3.05) is 6.54 Å². The van der Waals surface area contributed by atoms with E-state index in [9.17, 15) is 13.2 Å². The van der Waals surface area contributed by atoms with Crippen LogP contribution >= 0.6 is 0 Å². The van der Waals surface area contributed by atoms with Crippen molar-refractivity contribution in [3.8, 4) is 11.3 Å². The summed E-state index contributed by atoms with van der Waals surface area (Å²) in [6.45, 7) is 4.17. The number of unbranched alkanes of at least 4 members (excludes halogenated alkanes) is 1. The molecule has 0 fully saturated rings. The van der Waals surface area contributed by atoms with Crippen molar-refractivity contribution < 1.29 is 8.42 Å². The Hall–Kier alpha value is -2.51. The molecule has 136 valence electrons. The van der Waals surface area contributed by atoms with Crippen LogP contribution < -0.4 is 10.3 Å². The number of benzene rings is 2. The van der Waals surface area contributed by atoms with E-state index in [0.29, 0.717) is 34.1 Å². The van der Waals surface area contributed by atoms with Gasteiger partial charge in [-0.1, -0.05) is 43.7 Å². The molecule has 0 unspecified atom stereocenters. The van der Waals surface area contributed by atoms with E-state index >= 15 is 0 Å². The first kappa shape index (κ1) is 18.3.